The summed E-state index contributed by atoms with van der Waals surface area (Å²) in [6.45, 7) is 4.74. The number of hydrogen-bond acceptors (Lipinski definition) is 3. The van der Waals surface area contributed by atoms with Gasteiger partial charge in [0.05, 0.1) is 10.9 Å². The molecule has 65 heavy (non-hydrogen) atoms. The highest BCUT2D eigenvalue weighted by molar-refractivity contribution is 5.96. The molecule has 8 aromatic carbocycles. The monoisotopic (exact) mass is 832 g/mol. The smallest absolute Gasteiger partial charge is 0.164 e. The standard InChI is InChI=1S/C61H44N4/c1-60(2)49-27-10-12-29-51(49)61(52-30-13-11-28-50(52)60)48-26-9-6-24-46(48)56-47(25-17-31-53(56)61)59-63-57(41-36-34-40(35-37-41)39-18-4-3-5-19-39)62-58(64-59)42-20-16-21-43(38-42)65-54-32-14-7-22-44(54)45-23-8-15-33-55(45)65/h3-7,9-22,24-38H,8,23H2,1-2H3. The lowest BCUT2D eigenvalue weighted by Crippen LogP contribution is -2.40. The molecule has 0 saturated carbocycles. The number of nitrogens with zero attached hydrogens (tertiary/aromatic N) is 4. The molecule has 0 amide bonds. The van der Waals surface area contributed by atoms with Crippen molar-refractivity contribution in [1.82, 2.24) is 19.5 Å². The number of para-hydroxylation sites is 1. The third-order valence-corrected chi connectivity index (χ3v) is 14.4. The van der Waals surface area contributed by atoms with Gasteiger partial charge in [-0.2, -0.15) is 0 Å². The van der Waals surface area contributed by atoms with Gasteiger partial charge in [0.25, 0.3) is 0 Å². The van der Waals surface area contributed by atoms with E-state index in [4.69, 9.17) is 15.0 Å². The first-order chi connectivity index (χ1) is 32.0. The minimum Gasteiger partial charge on any atom is -0.310 e. The predicted octanol–water partition coefficient (Wildman–Crippen LogP) is 14.4. The van der Waals surface area contributed by atoms with Gasteiger partial charge in [-0.05, 0) is 98.3 Å². The summed E-state index contributed by atoms with van der Waals surface area (Å²) in [5, 5.41) is 1.31. The van der Waals surface area contributed by atoms with Gasteiger partial charge >= 0.3 is 0 Å². The summed E-state index contributed by atoms with van der Waals surface area (Å²) in [5.41, 5.74) is 19.7. The number of hydrogen-bond donors (Lipinski definition) is 0. The topological polar surface area (TPSA) is 43.6 Å². The Hall–Kier alpha value is -7.95. The lowest BCUT2D eigenvalue weighted by atomic mass is 9.55. The van der Waals surface area contributed by atoms with E-state index < -0.39 is 5.41 Å². The highest BCUT2D eigenvalue weighted by atomic mass is 15.0. The summed E-state index contributed by atoms with van der Waals surface area (Å²) in [4.78, 5) is 16.2. The Bertz CT molecular complexity index is 3520. The van der Waals surface area contributed by atoms with E-state index in [1.54, 1.807) is 0 Å². The number of fused-ring (bicyclic) bond motifs is 12. The van der Waals surface area contributed by atoms with E-state index >= 15 is 0 Å². The Morgan fingerprint density at radius 2 is 1.00 bits per heavy atom. The van der Waals surface area contributed by atoms with E-state index in [0.717, 1.165) is 40.8 Å². The quantitative estimate of drug-likeness (QED) is 0.173. The molecule has 3 aliphatic carbocycles. The SMILES string of the molecule is CC1(C)c2ccccc2C2(c3ccccc3-c3c(-c4nc(-c5ccc(-c6ccccc6)cc5)nc(-c5cccc(-n6c7c(c8ccccc86)CCC=C7)c5)n4)cccc32)c2ccccc21. The molecule has 0 fully saturated rings. The molecule has 2 aromatic heterocycles. The van der Waals surface area contributed by atoms with Gasteiger partial charge in [0.2, 0.25) is 0 Å². The van der Waals surface area contributed by atoms with Crippen LogP contribution in [0.3, 0.4) is 0 Å². The average Bonchev–Trinajstić information content (AvgIpc) is 3.87. The number of aromatic nitrogens is 4. The lowest BCUT2D eigenvalue weighted by molar-refractivity contribution is 0.563. The summed E-state index contributed by atoms with van der Waals surface area (Å²) < 4.78 is 2.40. The zero-order valence-electron chi connectivity index (χ0n) is 36.3. The first kappa shape index (κ1) is 37.6. The van der Waals surface area contributed by atoms with Gasteiger partial charge in [-0.1, -0.05) is 196 Å². The summed E-state index contributed by atoms with van der Waals surface area (Å²) in [7, 11) is 0. The molecule has 0 bridgehead atoms. The van der Waals surface area contributed by atoms with Crippen LogP contribution < -0.4 is 0 Å². The van der Waals surface area contributed by atoms with E-state index in [-0.39, 0.29) is 5.41 Å². The molecule has 308 valence electrons. The van der Waals surface area contributed by atoms with Crippen LogP contribution in [-0.4, -0.2) is 19.5 Å². The van der Waals surface area contributed by atoms with Crippen molar-refractivity contribution in [3.05, 3.63) is 245 Å². The van der Waals surface area contributed by atoms with Gasteiger partial charge in [-0.15, -0.1) is 0 Å². The molecule has 2 heterocycles. The van der Waals surface area contributed by atoms with Gasteiger partial charge in [0.15, 0.2) is 17.5 Å². The summed E-state index contributed by atoms with van der Waals surface area (Å²) in [6.07, 6.45) is 6.66. The van der Waals surface area contributed by atoms with Crippen LogP contribution in [-0.2, 0) is 17.3 Å². The molecule has 1 spiro atoms. The van der Waals surface area contributed by atoms with E-state index in [1.807, 2.05) is 0 Å². The lowest BCUT2D eigenvalue weighted by Gasteiger charge is -2.46. The Kier molecular flexibility index (Phi) is 8.26. The zero-order valence-corrected chi connectivity index (χ0v) is 36.3. The molecule has 10 aromatic rings. The van der Waals surface area contributed by atoms with Gasteiger partial charge < -0.3 is 4.57 Å². The molecular weight excluding hydrogens is 789 g/mol. The molecule has 4 nitrogen and oxygen atoms in total. The number of allylic oxidation sites excluding steroid dienone is 1. The van der Waals surface area contributed by atoms with Crippen LogP contribution in [0, 0.1) is 0 Å². The highest BCUT2D eigenvalue weighted by Gasteiger charge is 2.53. The maximum absolute atomic E-state index is 5.49. The zero-order chi connectivity index (χ0) is 43.3. The third kappa shape index (κ3) is 5.47. The molecule has 4 heteroatoms. The molecule has 0 unspecified atom stereocenters. The average molecular weight is 833 g/mol. The van der Waals surface area contributed by atoms with Gasteiger partial charge in [-0.25, -0.2) is 15.0 Å². The molecule has 0 radical (unpaired) electrons. The normalized spacial score (nSPS) is 14.7. The van der Waals surface area contributed by atoms with Crippen molar-refractivity contribution in [1.29, 1.82) is 0 Å². The number of aryl methyl sites for hydroxylation is 1. The second-order valence-corrected chi connectivity index (χ2v) is 18.2. The minimum absolute atomic E-state index is 0.182. The van der Waals surface area contributed by atoms with Crippen molar-refractivity contribution in [3.63, 3.8) is 0 Å². The van der Waals surface area contributed by atoms with Crippen molar-refractivity contribution in [2.24, 2.45) is 0 Å². The highest BCUT2D eigenvalue weighted by Crippen LogP contribution is 2.63. The fourth-order valence-electron chi connectivity index (χ4n) is 11.5. The fraction of sp³-hybridized carbons (Fsp3) is 0.0984. The molecule has 0 atom stereocenters. The predicted molar refractivity (Wildman–Crippen MR) is 265 cm³/mol. The van der Waals surface area contributed by atoms with Crippen LogP contribution in [0.15, 0.2) is 200 Å². The molecular formula is C61H44N4. The second-order valence-electron chi connectivity index (χ2n) is 18.2. The number of rotatable bonds is 5. The van der Waals surface area contributed by atoms with Crippen LogP contribution in [0.2, 0.25) is 0 Å². The van der Waals surface area contributed by atoms with E-state index in [9.17, 15) is 0 Å². The minimum atomic E-state index is -0.530. The molecule has 3 aliphatic rings. The van der Waals surface area contributed by atoms with Gasteiger partial charge in [-0.3, -0.25) is 0 Å². The van der Waals surface area contributed by atoms with Crippen molar-refractivity contribution in [2.45, 2.75) is 37.5 Å². The van der Waals surface area contributed by atoms with Crippen LogP contribution in [0.1, 0.15) is 64.9 Å². The maximum Gasteiger partial charge on any atom is 0.164 e. The largest absolute Gasteiger partial charge is 0.310 e. The van der Waals surface area contributed by atoms with Crippen molar-refractivity contribution < 1.29 is 0 Å². The molecule has 0 saturated heterocycles. The molecule has 13 rings (SSSR count). The van der Waals surface area contributed by atoms with E-state index in [0.29, 0.717) is 17.5 Å². The van der Waals surface area contributed by atoms with Crippen LogP contribution >= 0.6 is 0 Å². The third-order valence-electron chi connectivity index (χ3n) is 14.4. The van der Waals surface area contributed by atoms with Gasteiger partial charge in [0, 0.05) is 38.9 Å². The van der Waals surface area contributed by atoms with Crippen molar-refractivity contribution in [2.75, 3.05) is 0 Å². The maximum atomic E-state index is 5.49. The molecule has 0 N–H and O–H groups in total. The Balaban J connectivity index is 1.05. The summed E-state index contributed by atoms with van der Waals surface area (Å²) in [5.74, 6) is 1.92. The van der Waals surface area contributed by atoms with Crippen molar-refractivity contribution >= 4 is 17.0 Å². The summed E-state index contributed by atoms with van der Waals surface area (Å²) >= 11 is 0. The first-order valence-electron chi connectivity index (χ1n) is 22.8. The Labute approximate surface area is 379 Å². The van der Waals surface area contributed by atoms with Crippen LogP contribution in [0.5, 0.6) is 0 Å². The second kappa shape index (κ2) is 14.3. The van der Waals surface area contributed by atoms with E-state index in [1.165, 1.54) is 72.2 Å². The van der Waals surface area contributed by atoms with Crippen LogP contribution in [0.4, 0.5) is 0 Å². The molecule has 0 aliphatic heterocycles. The number of benzene rings is 8. The fourth-order valence-corrected chi connectivity index (χ4v) is 11.5. The summed E-state index contributed by atoms with van der Waals surface area (Å²) in [6, 6.07) is 70.6. The van der Waals surface area contributed by atoms with Crippen LogP contribution in [0.25, 0.3) is 79.1 Å². The first-order valence-corrected chi connectivity index (χ1v) is 22.8. The van der Waals surface area contributed by atoms with Gasteiger partial charge in [0.1, 0.15) is 0 Å². The van der Waals surface area contributed by atoms with Crippen molar-refractivity contribution in [3.8, 4) is 62.1 Å². The Morgan fingerprint density at radius 1 is 0.446 bits per heavy atom. The van der Waals surface area contributed by atoms with E-state index in [2.05, 4.69) is 225 Å². The Morgan fingerprint density at radius 3 is 1.77 bits per heavy atom.